The van der Waals surface area contributed by atoms with E-state index in [1.165, 1.54) is 16.7 Å². The number of Topliss-reactive ketones (excluding diaryl/α,β-unsaturated/α-hetero) is 1. The minimum Gasteiger partial charge on any atom is -0.374 e. The number of aryl methyl sites for hydroxylation is 1. The first kappa shape index (κ1) is 21.7. The Morgan fingerprint density at radius 3 is 2.68 bits per heavy atom. The standard InChI is InChI=1S/C22H25FN2O5S/c1-3-22-11-10-15(12-22)13-25-20(27)19(30-31(2,28)29)18(24-21(22)25)17(26)9-6-14-4-7-16(23)8-5-14/h4-5,7-8,15H,3,6,9-13H2,1-2H3. The molecule has 1 aromatic carbocycles. The molecule has 2 unspecified atom stereocenters. The Hall–Kier alpha value is -2.55. The third-order valence-corrected chi connectivity index (χ3v) is 6.95. The summed E-state index contributed by atoms with van der Waals surface area (Å²) in [5, 5.41) is 0. The highest BCUT2D eigenvalue weighted by atomic mass is 32.2. The molecule has 0 radical (unpaired) electrons. The summed E-state index contributed by atoms with van der Waals surface area (Å²) in [6, 6.07) is 5.78. The zero-order valence-corrected chi connectivity index (χ0v) is 18.4. The second-order valence-corrected chi connectivity index (χ2v) is 10.2. The van der Waals surface area contributed by atoms with Gasteiger partial charge in [0.05, 0.1) is 6.26 Å². The smallest absolute Gasteiger partial charge is 0.306 e. The molecule has 31 heavy (non-hydrogen) atoms. The molecule has 1 saturated carbocycles. The average molecular weight is 449 g/mol. The predicted molar refractivity (Wildman–Crippen MR) is 112 cm³/mol. The number of aromatic nitrogens is 2. The molecule has 7 nitrogen and oxygen atoms in total. The van der Waals surface area contributed by atoms with Crippen molar-refractivity contribution in [1.82, 2.24) is 9.55 Å². The SMILES string of the molecule is CCC12CCC(Cn3c1nc(C(=O)CCc1ccc(F)cc1)c(OS(C)(=O)=O)c3=O)C2. The Bertz CT molecular complexity index is 1190. The zero-order chi connectivity index (χ0) is 22.4. The van der Waals surface area contributed by atoms with Gasteiger partial charge in [-0.1, -0.05) is 19.1 Å². The Morgan fingerprint density at radius 1 is 1.32 bits per heavy atom. The van der Waals surface area contributed by atoms with Crippen LogP contribution < -0.4 is 9.74 Å². The van der Waals surface area contributed by atoms with Crippen molar-refractivity contribution in [1.29, 1.82) is 0 Å². The van der Waals surface area contributed by atoms with Gasteiger partial charge in [-0.2, -0.15) is 8.42 Å². The predicted octanol–water partition coefficient (Wildman–Crippen LogP) is 3.00. The summed E-state index contributed by atoms with van der Waals surface area (Å²) in [5.74, 6) is -0.487. The van der Waals surface area contributed by atoms with E-state index in [4.69, 9.17) is 4.18 Å². The highest BCUT2D eigenvalue weighted by molar-refractivity contribution is 7.86. The van der Waals surface area contributed by atoms with Gasteiger partial charge in [0, 0.05) is 18.4 Å². The summed E-state index contributed by atoms with van der Waals surface area (Å²) in [7, 11) is -4.03. The lowest BCUT2D eigenvalue weighted by atomic mass is 9.79. The fraction of sp³-hybridized carbons (Fsp3) is 0.500. The second kappa shape index (κ2) is 7.85. The quantitative estimate of drug-likeness (QED) is 0.477. The van der Waals surface area contributed by atoms with E-state index in [0.717, 1.165) is 37.5 Å². The molecule has 1 aliphatic carbocycles. The van der Waals surface area contributed by atoms with E-state index in [1.807, 2.05) is 6.92 Å². The van der Waals surface area contributed by atoms with Crippen LogP contribution in [-0.2, 0) is 28.5 Å². The first-order chi connectivity index (χ1) is 14.6. The molecule has 1 aromatic heterocycles. The van der Waals surface area contributed by atoms with E-state index in [0.29, 0.717) is 24.7 Å². The molecule has 0 N–H and O–H groups in total. The van der Waals surface area contributed by atoms with Crippen molar-refractivity contribution in [2.45, 2.75) is 57.4 Å². The summed E-state index contributed by atoms with van der Waals surface area (Å²) in [5.41, 5.74) is -0.386. The number of halogens is 1. The average Bonchev–Trinajstić information content (AvgIpc) is 3.07. The molecule has 0 saturated heterocycles. The van der Waals surface area contributed by atoms with E-state index >= 15 is 0 Å². The largest absolute Gasteiger partial charge is 0.374 e. The molecular weight excluding hydrogens is 423 g/mol. The first-order valence-corrected chi connectivity index (χ1v) is 12.3. The highest BCUT2D eigenvalue weighted by Gasteiger charge is 2.47. The number of rotatable bonds is 7. The molecule has 9 heteroatoms. The molecule has 2 atom stereocenters. The number of nitrogens with zero attached hydrogens (tertiary/aromatic N) is 2. The van der Waals surface area contributed by atoms with Crippen LogP contribution in [0.1, 0.15) is 60.9 Å². The monoisotopic (exact) mass is 448 g/mol. The summed E-state index contributed by atoms with van der Waals surface area (Å²) < 4.78 is 43.3. The number of benzene rings is 1. The lowest BCUT2D eigenvalue weighted by Gasteiger charge is -2.34. The molecule has 2 aliphatic rings. The van der Waals surface area contributed by atoms with E-state index in [1.54, 1.807) is 12.1 Å². The summed E-state index contributed by atoms with van der Waals surface area (Å²) in [6.07, 6.45) is 4.67. The van der Waals surface area contributed by atoms with Gasteiger partial charge in [-0.3, -0.25) is 14.2 Å². The number of ketones is 1. The Kier molecular flexibility index (Phi) is 5.49. The number of hydrogen-bond acceptors (Lipinski definition) is 6. The topological polar surface area (TPSA) is 95.3 Å². The first-order valence-electron chi connectivity index (χ1n) is 10.4. The molecule has 1 aliphatic heterocycles. The number of hydrogen-bond donors (Lipinski definition) is 0. The fourth-order valence-corrected chi connectivity index (χ4v) is 5.34. The van der Waals surface area contributed by atoms with Crippen LogP contribution in [0.3, 0.4) is 0 Å². The summed E-state index contributed by atoms with van der Waals surface area (Å²) >= 11 is 0. The van der Waals surface area contributed by atoms with Gasteiger partial charge < -0.3 is 4.18 Å². The van der Waals surface area contributed by atoms with Crippen LogP contribution in [0.5, 0.6) is 5.75 Å². The van der Waals surface area contributed by atoms with Crippen LogP contribution in [0.25, 0.3) is 0 Å². The third kappa shape index (κ3) is 4.15. The maximum Gasteiger partial charge on any atom is 0.306 e. The number of fused-ring (bicyclic) bond motifs is 4. The zero-order valence-electron chi connectivity index (χ0n) is 17.6. The van der Waals surface area contributed by atoms with Gasteiger partial charge in [-0.05, 0) is 55.7 Å². The van der Waals surface area contributed by atoms with Gasteiger partial charge in [0.25, 0.3) is 5.56 Å². The van der Waals surface area contributed by atoms with E-state index < -0.39 is 27.2 Å². The van der Waals surface area contributed by atoms with Crippen molar-refractivity contribution < 1.29 is 21.8 Å². The van der Waals surface area contributed by atoms with Gasteiger partial charge >= 0.3 is 10.1 Å². The minimum atomic E-state index is -4.03. The normalized spacial score (nSPS) is 22.2. The van der Waals surface area contributed by atoms with Crippen molar-refractivity contribution in [3.05, 3.63) is 57.5 Å². The van der Waals surface area contributed by atoms with E-state index in [2.05, 4.69) is 4.98 Å². The molecular formula is C22H25FN2O5S. The molecule has 0 amide bonds. The number of carbonyl (C=O) groups excluding carboxylic acids is 1. The van der Waals surface area contributed by atoms with Crippen LogP contribution in [-0.4, -0.2) is 30.0 Å². The van der Waals surface area contributed by atoms with Gasteiger partial charge in [0.15, 0.2) is 11.5 Å². The van der Waals surface area contributed by atoms with Crippen LogP contribution in [0.2, 0.25) is 0 Å². The van der Waals surface area contributed by atoms with Gasteiger partial charge in [-0.25, -0.2) is 9.37 Å². The van der Waals surface area contributed by atoms with Crippen LogP contribution in [0.4, 0.5) is 4.39 Å². The fourth-order valence-electron chi connectivity index (χ4n) is 4.89. The minimum absolute atomic E-state index is 0.0105. The molecule has 2 bridgehead atoms. The Balaban J connectivity index is 1.76. The van der Waals surface area contributed by atoms with E-state index in [9.17, 15) is 22.4 Å². The van der Waals surface area contributed by atoms with Gasteiger partial charge in [0.2, 0.25) is 5.75 Å². The van der Waals surface area contributed by atoms with Crippen LogP contribution >= 0.6 is 0 Å². The Labute approximate surface area is 180 Å². The molecule has 2 heterocycles. The highest BCUT2D eigenvalue weighted by Crippen LogP contribution is 2.49. The molecule has 2 aromatic rings. The van der Waals surface area contributed by atoms with Crippen LogP contribution in [0.15, 0.2) is 29.1 Å². The maximum atomic E-state index is 13.2. The molecule has 166 valence electrons. The van der Waals surface area contributed by atoms with Gasteiger partial charge in [0.1, 0.15) is 11.6 Å². The Morgan fingerprint density at radius 2 is 2.03 bits per heavy atom. The molecule has 0 spiro atoms. The summed E-state index contributed by atoms with van der Waals surface area (Å²) in [6.45, 7) is 2.49. The van der Waals surface area contributed by atoms with Crippen molar-refractivity contribution >= 4 is 15.9 Å². The second-order valence-electron chi connectivity index (χ2n) is 8.61. The maximum absolute atomic E-state index is 13.2. The molecule has 4 rings (SSSR count). The number of carbonyl (C=O) groups is 1. The van der Waals surface area contributed by atoms with Crippen molar-refractivity contribution in [2.24, 2.45) is 5.92 Å². The van der Waals surface area contributed by atoms with Crippen molar-refractivity contribution in [2.75, 3.05) is 6.26 Å². The lowest BCUT2D eigenvalue weighted by molar-refractivity contribution is 0.0974. The van der Waals surface area contributed by atoms with E-state index in [-0.39, 0.29) is 23.3 Å². The lowest BCUT2D eigenvalue weighted by Crippen LogP contribution is -2.41. The van der Waals surface area contributed by atoms with Gasteiger partial charge in [-0.15, -0.1) is 0 Å². The summed E-state index contributed by atoms with van der Waals surface area (Å²) in [4.78, 5) is 30.9. The van der Waals surface area contributed by atoms with Crippen LogP contribution in [0, 0.1) is 11.7 Å². The third-order valence-electron chi connectivity index (χ3n) is 6.48. The van der Waals surface area contributed by atoms with Crippen molar-refractivity contribution in [3.63, 3.8) is 0 Å². The van der Waals surface area contributed by atoms with Crippen molar-refractivity contribution in [3.8, 4) is 5.75 Å². The molecule has 1 fully saturated rings.